The Morgan fingerprint density at radius 2 is 2.25 bits per heavy atom. The van der Waals surface area contributed by atoms with Crippen molar-refractivity contribution in [2.75, 3.05) is 6.54 Å². The summed E-state index contributed by atoms with van der Waals surface area (Å²) in [7, 11) is 0. The normalized spacial score (nSPS) is 21.7. The van der Waals surface area contributed by atoms with Gasteiger partial charge in [0.2, 0.25) is 0 Å². The molecule has 3 rings (SSSR count). The Morgan fingerprint density at radius 3 is 2.90 bits per heavy atom. The van der Waals surface area contributed by atoms with E-state index in [4.69, 9.17) is 0 Å². The summed E-state index contributed by atoms with van der Waals surface area (Å²) in [4.78, 5) is 15.0. The van der Waals surface area contributed by atoms with Gasteiger partial charge in [-0.15, -0.1) is 11.3 Å². The van der Waals surface area contributed by atoms with Crippen molar-refractivity contribution >= 4 is 28.6 Å². The second kappa shape index (κ2) is 6.08. The molecule has 2 aromatic rings. The molecule has 0 amide bonds. The molecule has 5 heteroatoms. The van der Waals surface area contributed by atoms with Crippen LogP contribution in [0.5, 0.6) is 0 Å². The fourth-order valence-electron chi connectivity index (χ4n) is 2.92. The number of rotatable bonds is 4. The first kappa shape index (κ1) is 13.8. The fraction of sp³-hybridized carbons (Fsp3) is 0.400. The van der Waals surface area contributed by atoms with Crippen molar-refractivity contribution in [2.45, 2.75) is 31.3 Å². The van der Waals surface area contributed by atoms with E-state index in [1.54, 1.807) is 22.7 Å². The zero-order valence-electron chi connectivity index (χ0n) is 11.1. The summed E-state index contributed by atoms with van der Waals surface area (Å²) in [5, 5.41) is 15.8. The van der Waals surface area contributed by atoms with Crippen LogP contribution >= 0.6 is 22.7 Å². The van der Waals surface area contributed by atoms with E-state index in [-0.39, 0.29) is 12.1 Å². The number of hydrogen-bond donors (Lipinski definition) is 1. The summed E-state index contributed by atoms with van der Waals surface area (Å²) < 4.78 is 0. The standard InChI is InChI=1S/C15H17NO2S2/c17-15(18)12-4-1-2-7-16(12)14(11-6-9-19-10-11)13-5-3-8-20-13/h3,5-6,8-10,12,14H,1-2,4,7H2,(H,17,18). The highest BCUT2D eigenvalue weighted by Crippen LogP contribution is 2.37. The molecular weight excluding hydrogens is 290 g/mol. The maximum absolute atomic E-state index is 11.6. The first-order chi connectivity index (χ1) is 9.77. The van der Waals surface area contributed by atoms with E-state index < -0.39 is 5.97 Å². The van der Waals surface area contributed by atoms with Gasteiger partial charge in [-0.2, -0.15) is 11.3 Å². The number of carboxylic acid groups (broad SMARTS) is 1. The molecule has 0 aliphatic carbocycles. The quantitative estimate of drug-likeness (QED) is 0.933. The van der Waals surface area contributed by atoms with Gasteiger partial charge in [0.15, 0.2) is 0 Å². The number of nitrogens with zero attached hydrogens (tertiary/aromatic N) is 1. The average molecular weight is 307 g/mol. The maximum atomic E-state index is 11.6. The van der Waals surface area contributed by atoms with Gasteiger partial charge in [0.1, 0.15) is 6.04 Å². The van der Waals surface area contributed by atoms with E-state index in [9.17, 15) is 9.90 Å². The van der Waals surface area contributed by atoms with E-state index in [2.05, 4.69) is 33.2 Å². The topological polar surface area (TPSA) is 40.5 Å². The molecule has 0 spiro atoms. The second-order valence-corrected chi connectivity index (χ2v) is 6.82. The van der Waals surface area contributed by atoms with Crippen molar-refractivity contribution < 1.29 is 9.90 Å². The van der Waals surface area contributed by atoms with Crippen LogP contribution in [0, 0.1) is 0 Å². The van der Waals surface area contributed by atoms with Crippen LogP contribution in [-0.4, -0.2) is 28.6 Å². The number of piperidine rings is 1. The summed E-state index contributed by atoms with van der Waals surface area (Å²) in [6.07, 6.45) is 2.84. The Morgan fingerprint density at radius 1 is 1.35 bits per heavy atom. The molecule has 2 aromatic heterocycles. The third-order valence-electron chi connectivity index (χ3n) is 3.83. The van der Waals surface area contributed by atoms with Crippen LogP contribution in [0.4, 0.5) is 0 Å². The van der Waals surface area contributed by atoms with E-state index >= 15 is 0 Å². The Labute approximate surface area is 126 Å². The molecule has 2 atom stereocenters. The highest BCUT2D eigenvalue weighted by atomic mass is 32.1. The molecule has 2 unspecified atom stereocenters. The summed E-state index contributed by atoms with van der Waals surface area (Å²) in [5.74, 6) is -0.693. The van der Waals surface area contributed by atoms with Crippen molar-refractivity contribution in [3.63, 3.8) is 0 Å². The predicted molar refractivity (Wildman–Crippen MR) is 82.5 cm³/mol. The van der Waals surface area contributed by atoms with E-state index in [1.165, 1.54) is 10.4 Å². The number of carbonyl (C=O) groups is 1. The molecule has 0 radical (unpaired) electrons. The Kier molecular flexibility index (Phi) is 4.19. The summed E-state index contributed by atoms with van der Waals surface area (Å²) >= 11 is 3.38. The highest BCUT2D eigenvalue weighted by Gasteiger charge is 2.35. The van der Waals surface area contributed by atoms with Crippen LogP contribution < -0.4 is 0 Å². The molecule has 3 nitrogen and oxygen atoms in total. The lowest BCUT2D eigenvalue weighted by Gasteiger charge is -2.38. The van der Waals surface area contributed by atoms with E-state index in [1.807, 2.05) is 6.07 Å². The van der Waals surface area contributed by atoms with Crippen molar-refractivity contribution in [1.29, 1.82) is 0 Å². The van der Waals surface area contributed by atoms with E-state index in [0.29, 0.717) is 0 Å². The molecule has 1 fully saturated rings. The Balaban J connectivity index is 1.98. The van der Waals surface area contributed by atoms with Crippen molar-refractivity contribution in [1.82, 2.24) is 4.90 Å². The lowest BCUT2D eigenvalue weighted by Crippen LogP contribution is -2.46. The number of carboxylic acids is 1. The van der Waals surface area contributed by atoms with Crippen LogP contribution in [0.15, 0.2) is 34.3 Å². The van der Waals surface area contributed by atoms with Crippen molar-refractivity contribution in [2.24, 2.45) is 0 Å². The third-order valence-corrected chi connectivity index (χ3v) is 5.46. The molecule has 3 heterocycles. The van der Waals surface area contributed by atoms with E-state index in [0.717, 1.165) is 25.8 Å². The highest BCUT2D eigenvalue weighted by molar-refractivity contribution is 7.10. The molecule has 1 aliphatic heterocycles. The maximum Gasteiger partial charge on any atom is 0.320 e. The molecular formula is C15H17NO2S2. The first-order valence-electron chi connectivity index (χ1n) is 6.81. The number of hydrogen-bond acceptors (Lipinski definition) is 4. The molecule has 0 bridgehead atoms. The van der Waals surface area contributed by atoms with Crippen LogP contribution in [0.25, 0.3) is 0 Å². The van der Waals surface area contributed by atoms with Gasteiger partial charge in [-0.25, -0.2) is 0 Å². The number of likely N-dealkylation sites (tertiary alicyclic amines) is 1. The lowest BCUT2D eigenvalue weighted by atomic mass is 9.96. The van der Waals surface area contributed by atoms with Crippen LogP contribution in [0.3, 0.4) is 0 Å². The SMILES string of the molecule is O=C(O)C1CCCCN1C(c1ccsc1)c1cccs1. The van der Waals surface area contributed by atoms with Gasteiger partial charge in [-0.3, -0.25) is 9.69 Å². The largest absolute Gasteiger partial charge is 0.480 e. The first-order valence-corrected chi connectivity index (χ1v) is 8.63. The number of thiophene rings is 2. The van der Waals surface area contributed by atoms with Crippen molar-refractivity contribution in [3.05, 3.63) is 44.8 Å². The van der Waals surface area contributed by atoms with Gasteiger partial charge < -0.3 is 5.11 Å². The Hall–Kier alpha value is -1.17. The molecule has 0 aromatic carbocycles. The molecule has 1 N–H and O–H groups in total. The summed E-state index contributed by atoms with van der Waals surface area (Å²) in [6.45, 7) is 0.857. The molecule has 106 valence electrons. The minimum Gasteiger partial charge on any atom is -0.480 e. The molecule has 0 saturated carbocycles. The molecule has 1 saturated heterocycles. The summed E-state index contributed by atoms with van der Waals surface area (Å²) in [6, 6.07) is 5.99. The van der Waals surface area contributed by atoms with Gasteiger partial charge in [-0.1, -0.05) is 12.5 Å². The summed E-state index contributed by atoms with van der Waals surface area (Å²) in [5.41, 5.74) is 1.21. The van der Waals surface area contributed by atoms with Gasteiger partial charge in [0.25, 0.3) is 0 Å². The van der Waals surface area contributed by atoms with Crippen LogP contribution in [0.2, 0.25) is 0 Å². The molecule has 20 heavy (non-hydrogen) atoms. The van der Waals surface area contributed by atoms with Crippen molar-refractivity contribution in [3.8, 4) is 0 Å². The van der Waals surface area contributed by atoms with Crippen LogP contribution in [0.1, 0.15) is 35.7 Å². The second-order valence-electron chi connectivity index (χ2n) is 5.06. The van der Waals surface area contributed by atoms with Gasteiger partial charge >= 0.3 is 5.97 Å². The van der Waals surface area contributed by atoms with Crippen LogP contribution in [-0.2, 0) is 4.79 Å². The molecule has 1 aliphatic rings. The average Bonchev–Trinajstić information content (AvgIpc) is 3.13. The van der Waals surface area contributed by atoms with Gasteiger partial charge in [0, 0.05) is 4.88 Å². The fourth-order valence-corrected chi connectivity index (χ4v) is 4.48. The zero-order chi connectivity index (χ0) is 13.9. The Bertz CT molecular complexity index is 516. The smallest absolute Gasteiger partial charge is 0.320 e. The van der Waals surface area contributed by atoms with Gasteiger partial charge in [0.05, 0.1) is 6.04 Å². The van der Waals surface area contributed by atoms with Gasteiger partial charge in [-0.05, 0) is 53.2 Å². The zero-order valence-corrected chi connectivity index (χ0v) is 12.7. The number of aliphatic carboxylic acids is 1. The minimum atomic E-state index is -0.693. The minimum absolute atomic E-state index is 0.0858. The lowest BCUT2D eigenvalue weighted by molar-refractivity contribution is -0.145. The third kappa shape index (κ3) is 2.66. The monoisotopic (exact) mass is 307 g/mol. The predicted octanol–water partition coefficient (Wildman–Crippen LogP) is 3.84.